The quantitative estimate of drug-likeness (QED) is 0.724. The van der Waals surface area contributed by atoms with Crippen LogP contribution in [0.15, 0.2) is 54.1 Å². The van der Waals surface area contributed by atoms with Gasteiger partial charge in [0.15, 0.2) is 0 Å². The van der Waals surface area contributed by atoms with Crippen LogP contribution in [0.2, 0.25) is 0 Å². The van der Waals surface area contributed by atoms with Crippen molar-refractivity contribution in [1.82, 2.24) is 19.9 Å². The van der Waals surface area contributed by atoms with Gasteiger partial charge in [-0.05, 0) is 24.3 Å². The highest BCUT2D eigenvalue weighted by molar-refractivity contribution is 7.90. The van der Waals surface area contributed by atoms with Gasteiger partial charge in [-0.15, -0.1) is 0 Å². The van der Waals surface area contributed by atoms with Crippen LogP contribution in [-0.4, -0.2) is 34.6 Å². The highest BCUT2D eigenvalue weighted by atomic mass is 32.2. The summed E-state index contributed by atoms with van der Waals surface area (Å²) in [5.74, 6) is 0.0491. The molecule has 3 aromatic rings. The molecule has 0 saturated carbocycles. The van der Waals surface area contributed by atoms with E-state index in [1.54, 1.807) is 24.3 Å². The van der Waals surface area contributed by atoms with Crippen LogP contribution >= 0.6 is 0 Å². The van der Waals surface area contributed by atoms with E-state index in [1.807, 2.05) is 0 Å². The topological polar surface area (TPSA) is 97.7 Å². The number of hydrogen-bond donors (Lipinski definition) is 1. The average Bonchev–Trinajstić information content (AvgIpc) is 2.54. The molecule has 1 aromatic carbocycles. The SMILES string of the molecule is CS(=O)(=O)c1nccc(-c2cc(Nc3cccc(F)c3)ncn2)n1. The van der Waals surface area contributed by atoms with Crippen molar-refractivity contribution in [2.24, 2.45) is 0 Å². The molecule has 0 aliphatic heterocycles. The molecule has 3 rings (SSSR count). The molecule has 0 spiro atoms. The molecule has 2 heterocycles. The molecule has 2 aromatic heterocycles. The van der Waals surface area contributed by atoms with Crippen molar-refractivity contribution in [3.05, 3.63) is 54.7 Å². The van der Waals surface area contributed by atoms with Crippen LogP contribution in [-0.2, 0) is 9.84 Å². The van der Waals surface area contributed by atoms with Crippen LogP contribution in [0.3, 0.4) is 0 Å². The Morgan fingerprint density at radius 1 is 1.04 bits per heavy atom. The van der Waals surface area contributed by atoms with Crippen LogP contribution in [0.5, 0.6) is 0 Å². The zero-order chi connectivity index (χ0) is 17.2. The zero-order valence-electron chi connectivity index (χ0n) is 12.5. The highest BCUT2D eigenvalue weighted by Crippen LogP contribution is 2.20. The number of nitrogens with zero attached hydrogens (tertiary/aromatic N) is 4. The maximum absolute atomic E-state index is 13.2. The van der Waals surface area contributed by atoms with E-state index in [9.17, 15) is 12.8 Å². The molecule has 24 heavy (non-hydrogen) atoms. The summed E-state index contributed by atoms with van der Waals surface area (Å²) in [4.78, 5) is 15.9. The van der Waals surface area contributed by atoms with Crippen LogP contribution in [0.25, 0.3) is 11.4 Å². The largest absolute Gasteiger partial charge is 0.340 e. The summed E-state index contributed by atoms with van der Waals surface area (Å²) in [6.07, 6.45) is 3.68. The predicted octanol–water partition coefficient (Wildman–Crippen LogP) is 2.22. The first-order chi connectivity index (χ1) is 11.4. The Labute approximate surface area is 137 Å². The van der Waals surface area contributed by atoms with Crippen molar-refractivity contribution in [3.8, 4) is 11.4 Å². The molecule has 0 saturated heterocycles. The Bertz CT molecular complexity index is 994. The van der Waals surface area contributed by atoms with Gasteiger partial charge in [-0.1, -0.05) is 6.07 Å². The van der Waals surface area contributed by atoms with Gasteiger partial charge < -0.3 is 5.32 Å². The number of halogens is 1. The van der Waals surface area contributed by atoms with Crippen LogP contribution in [0.1, 0.15) is 0 Å². The fourth-order valence-electron chi connectivity index (χ4n) is 1.94. The van der Waals surface area contributed by atoms with Gasteiger partial charge in [0.05, 0.1) is 11.4 Å². The lowest BCUT2D eigenvalue weighted by molar-refractivity contribution is 0.593. The molecule has 9 heteroatoms. The van der Waals surface area contributed by atoms with Crippen molar-refractivity contribution in [2.75, 3.05) is 11.6 Å². The number of nitrogens with one attached hydrogen (secondary N) is 1. The monoisotopic (exact) mass is 345 g/mol. The van der Waals surface area contributed by atoms with E-state index in [-0.39, 0.29) is 11.0 Å². The van der Waals surface area contributed by atoms with E-state index in [4.69, 9.17) is 0 Å². The Balaban J connectivity index is 1.94. The van der Waals surface area contributed by atoms with Gasteiger partial charge in [0.25, 0.3) is 0 Å². The van der Waals surface area contributed by atoms with Crippen LogP contribution in [0, 0.1) is 5.82 Å². The van der Waals surface area contributed by atoms with Crippen LogP contribution in [0.4, 0.5) is 15.9 Å². The van der Waals surface area contributed by atoms with Gasteiger partial charge >= 0.3 is 0 Å². The molecule has 0 bridgehead atoms. The fraction of sp³-hybridized carbons (Fsp3) is 0.0667. The van der Waals surface area contributed by atoms with E-state index < -0.39 is 9.84 Å². The molecule has 1 N–H and O–H groups in total. The van der Waals surface area contributed by atoms with E-state index in [0.29, 0.717) is 22.9 Å². The number of aromatic nitrogens is 4. The van der Waals surface area contributed by atoms with E-state index in [2.05, 4.69) is 25.3 Å². The third kappa shape index (κ3) is 3.69. The second-order valence-corrected chi connectivity index (χ2v) is 6.83. The number of rotatable bonds is 4. The molecular weight excluding hydrogens is 333 g/mol. The van der Waals surface area contributed by atoms with E-state index in [0.717, 1.165) is 6.26 Å². The lowest BCUT2D eigenvalue weighted by Gasteiger charge is -2.07. The summed E-state index contributed by atoms with van der Waals surface area (Å²) in [7, 11) is -3.52. The second-order valence-electron chi connectivity index (χ2n) is 4.92. The van der Waals surface area contributed by atoms with Crippen molar-refractivity contribution < 1.29 is 12.8 Å². The maximum atomic E-state index is 13.2. The summed E-state index contributed by atoms with van der Waals surface area (Å²) in [6, 6.07) is 9.06. The summed E-state index contributed by atoms with van der Waals surface area (Å²) in [5.41, 5.74) is 1.28. The number of sulfone groups is 1. The number of anilines is 2. The third-order valence-corrected chi connectivity index (χ3v) is 3.85. The molecule has 0 atom stereocenters. The molecule has 0 fully saturated rings. The predicted molar refractivity (Wildman–Crippen MR) is 85.9 cm³/mol. The molecular formula is C15H12FN5O2S. The van der Waals surface area contributed by atoms with Crippen molar-refractivity contribution in [2.45, 2.75) is 5.16 Å². The summed E-state index contributed by atoms with van der Waals surface area (Å²) < 4.78 is 36.3. The van der Waals surface area contributed by atoms with Crippen LogP contribution < -0.4 is 5.32 Å². The average molecular weight is 345 g/mol. The molecule has 0 amide bonds. The first kappa shape index (κ1) is 15.9. The first-order valence-electron chi connectivity index (χ1n) is 6.80. The lowest BCUT2D eigenvalue weighted by Crippen LogP contribution is -2.05. The van der Waals surface area contributed by atoms with Gasteiger partial charge in [0.1, 0.15) is 18.0 Å². The second kappa shape index (κ2) is 6.28. The minimum Gasteiger partial charge on any atom is -0.340 e. The highest BCUT2D eigenvalue weighted by Gasteiger charge is 2.13. The molecule has 0 aliphatic carbocycles. The minimum atomic E-state index is -3.52. The zero-order valence-corrected chi connectivity index (χ0v) is 13.3. The summed E-state index contributed by atoms with van der Waals surface area (Å²) in [6.45, 7) is 0. The van der Waals surface area contributed by atoms with Gasteiger partial charge in [-0.3, -0.25) is 0 Å². The fourth-order valence-corrected chi connectivity index (χ4v) is 2.46. The van der Waals surface area contributed by atoms with Crippen molar-refractivity contribution in [1.29, 1.82) is 0 Å². The molecule has 122 valence electrons. The summed E-state index contributed by atoms with van der Waals surface area (Å²) in [5, 5.41) is 2.67. The Hall–Kier alpha value is -2.94. The molecule has 7 nitrogen and oxygen atoms in total. The lowest BCUT2D eigenvalue weighted by atomic mass is 10.2. The Morgan fingerprint density at radius 2 is 1.88 bits per heavy atom. The number of benzene rings is 1. The van der Waals surface area contributed by atoms with Gasteiger partial charge in [-0.25, -0.2) is 32.7 Å². The minimum absolute atomic E-state index is 0.279. The Kier molecular flexibility index (Phi) is 4.17. The molecule has 0 unspecified atom stereocenters. The molecule has 0 radical (unpaired) electrons. The third-order valence-electron chi connectivity index (χ3n) is 2.99. The first-order valence-corrected chi connectivity index (χ1v) is 8.69. The van der Waals surface area contributed by atoms with Gasteiger partial charge in [0, 0.05) is 24.2 Å². The van der Waals surface area contributed by atoms with E-state index in [1.165, 1.54) is 24.7 Å². The van der Waals surface area contributed by atoms with Crippen molar-refractivity contribution >= 4 is 21.3 Å². The smallest absolute Gasteiger partial charge is 0.247 e. The maximum Gasteiger partial charge on any atom is 0.247 e. The van der Waals surface area contributed by atoms with E-state index >= 15 is 0 Å². The van der Waals surface area contributed by atoms with Crippen molar-refractivity contribution in [3.63, 3.8) is 0 Å². The van der Waals surface area contributed by atoms with Gasteiger partial charge in [-0.2, -0.15) is 0 Å². The van der Waals surface area contributed by atoms with Gasteiger partial charge in [0.2, 0.25) is 15.0 Å². The summed E-state index contributed by atoms with van der Waals surface area (Å²) >= 11 is 0. The Morgan fingerprint density at radius 3 is 2.62 bits per heavy atom. The molecule has 0 aliphatic rings. The number of hydrogen-bond acceptors (Lipinski definition) is 7. The standard InChI is InChI=1S/C15H12FN5O2S/c1-24(22,23)15-17-6-5-12(21-15)13-8-14(19-9-18-13)20-11-4-2-3-10(16)7-11/h2-9H,1H3,(H,18,19,20). The normalized spacial score (nSPS) is 11.2.